The van der Waals surface area contributed by atoms with E-state index in [4.69, 9.17) is 5.26 Å². The van der Waals surface area contributed by atoms with Crippen LogP contribution < -0.4 is 5.32 Å². The van der Waals surface area contributed by atoms with E-state index < -0.39 is 0 Å². The maximum atomic E-state index is 9.91. The van der Waals surface area contributed by atoms with E-state index in [9.17, 15) is 5.11 Å². The number of rotatable bonds is 7. The highest BCUT2D eigenvalue weighted by atomic mass is 16.3. The van der Waals surface area contributed by atoms with Crippen LogP contribution in [0.15, 0.2) is 0 Å². The minimum atomic E-state index is -0.389. The van der Waals surface area contributed by atoms with E-state index in [-0.39, 0.29) is 17.6 Å². The second-order valence-electron chi connectivity index (χ2n) is 5.67. The van der Waals surface area contributed by atoms with E-state index >= 15 is 0 Å². The molecule has 0 aliphatic heterocycles. The van der Waals surface area contributed by atoms with Crippen LogP contribution >= 0.6 is 0 Å². The molecule has 17 heavy (non-hydrogen) atoms. The third-order valence-electron chi connectivity index (χ3n) is 2.54. The lowest BCUT2D eigenvalue weighted by Gasteiger charge is -2.27. The van der Waals surface area contributed by atoms with E-state index in [1.807, 2.05) is 13.8 Å². The molecule has 0 rings (SSSR count). The summed E-state index contributed by atoms with van der Waals surface area (Å²) in [7, 11) is 0. The van der Waals surface area contributed by atoms with E-state index in [0.717, 1.165) is 13.1 Å². The molecule has 0 aliphatic carbocycles. The normalized spacial score (nSPS) is 15.6. The van der Waals surface area contributed by atoms with Gasteiger partial charge in [0, 0.05) is 25.2 Å². The molecular formula is C13H27N3O. The first-order chi connectivity index (χ1) is 7.78. The molecule has 0 radical (unpaired) electrons. The Kier molecular flexibility index (Phi) is 7.37. The number of aliphatic hydroxyl groups excluding tert-OH is 1. The smallest absolute Gasteiger partial charge is 0.0791 e. The number of nitrogens with one attached hydrogen (secondary N) is 1. The van der Waals surface area contributed by atoms with Gasteiger partial charge in [-0.15, -0.1) is 0 Å². The van der Waals surface area contributed by atoms with Gasteiger partial charge in [-0.25, -0.2) is 0 Å². The van der Waals surface area contributed by atoms with Crippen molar-refractivity contribution in [3.05, 3.63) is 0 Å². The van der Waals surface area contributed by atoms with Crippen molar-refractivity contribution < 1.29 is 5.11 Å². The third-order valence-corrected chi connectivity index (χ3v) is 2.54. The Bertz CT molecular complexity index is 242. The van der Waals surface area contributed by atoms with Gasteiger partial charge >= 0.3 is 0 Å². The van der Waals surface area contributed by atoms with Gasteiger partial charge in [-0.1, -0.05) is 6.92 Å². The molecule has 0 fully saturated rings. The minimum absolute atomic E-state index is 0.0118. The van der Waals surface area contributed by atoms with Crippen molar-refractivity contribution in [3.63, 3.8) is 0 Å². The van der Waals surface area contributed by atoms with Crippen LogP contribution in [-0.2, 0) is 0 Å². The van der Waals surface area contributed by atoms with Gasteiger partial charge in [0.15, 0.2) is 0 Å². The second-order valence-corrected chi connectivity index (χ2v) is 5.67. The van der Waals surface area contributed by atoms with Gasteiger partial charge in [0.2, 0.25) is 0 Å². The standard InChI is InChI=1S/C13H27N3O/c1-6-16(9-11(2)7-14)10-12(17)8-15-13(3,4)5/h11-12,15,17H,6,8-10H2,1-5H3. The Hall–Kier alpha value is -0.630. The summed E-state index contributed by atoms with van der Waals surface area (Å²) >= 11 is 0. The van der Waals surface area contributed by atoms with Crippen LogP contribution in [0, 0.1) is 17.2 Å². The van der Waals surface area contributed by atoms with Crippen molar-refractivity contribution in [2.75, 3.05) is 26.2 Å². The van der Waals surface area contributed by atoms with E-state index in [1.165, 1.54) is 0 Å². The zero-order valence-corrected chi connectivity index (χ0v) is 11.8. The van der Waals surface area contributed by atoms with Crippen LogP contribution in [0.5, 0.6) is 0 Å². The van der Waals surface area contributed by atoms with Crippen LogP contribution in [0.4, 0.5) is 0 Å². The predicted molar refractivity (Wildman–Crippen MR) is 70.7 cm³/mol. The topological polar surface area (TPSA) is 59.3 Å². The number of hydrogen-bond acceptors (Lipinski definition) is 4. The SMILES string of the molecule is CCN(CC(C)C#N)CC(O)CNC(C)(C)C. The Balaban J connectivity index is 3.99. The lowest BCUT2D eigenvalue weighted by Crippen LogP contribution is -2.45. The number of likely N-dealkylation sites (N-methyl/N-ethyl adjacent to an activating group) is 1. The molecule has 0 aromatic heterocycles. The summed E-state index contributed by atoms with van der Waals surface area (Å²) in [6.07, 6.45) is -0.389. The van der Waals surface area contributed by atoms with Crippen molar-refractivity contribution >= 4 is 0 Å². The summed E-state index contributed by atoms with van der Waals surface area (Å²) in [5, 5.41) is 22.0. The zero-order chi connectivity index (χ0) is 13.5. The summed E-state index contributed by atoms with van der Waals surface area (Å²) in [5.74, 6) is 0.0118. The summed E-state index contributed by atoms with van der Waals surface area (Å²) < 4.78 is 0. The maximum absolute atomic E-state index is 9.91. The molecule has 4 heteroatoms. The molecular weight excluding hydrogens is 214 g/mol. The Morgan fingerprint density at radius 1 is 1.35 bits per heavy atom. The summed E-state index contributed by atoms with van der Waals surface area (Å²) in [6.45, 7) is 13.0. The molecule has 4 nitrogen and oxygen atoms in total. The first-order valence-electron chi connectivity index (χ1n) is 6.33. The molecule has 0 aromatic carbocycles. The monoisotopic (exact) mass is 241 g/mol. The van der Waals surface area contributed by atoms with Gasteiger partial charge in [-0.05, 0) is 34.2 Å². The minimum Gasteiger partial charge on any atom is -0.390 e. The van der Waals surface area contributed by atoms with Gasteiger partial charge in [-0.2, -0.15) is 5.26 Å². The fourth-order valence-corrected chi connectivity index (χ4v) is 1.55. The van der Waals surface area contributed by atoms with E-state index in [2.05, 4.69) is 37.1 Å². The number of aliphatic hydroxyl groups is 1. The Morgan fingerprint density at radius 3 is 2.35 bits per heavy atom. The van der Waals surface area contributed by atoms with Crippen LogP contribution in [0.25, 0.3) is 0 Å². The molecule has 0 saturated carbocycles. The highest BCUT2D eigenvalue weighted by molar-refractivity contribution is 4.82. The Morgan fingerprint density at radius 2 is 1.94 bits per heavy atom. The lowest BCUT2D eigenvalue weighted by molar-refractivity contribution is 0.104. The fraction of sp³-hybridized carbons (Fsp3) is 0.923. The molecule has 0 amide bonds. The molecule has 2 unspecified atom stereocenters. The van der Waals surface area contributed by atoms with Gasteiger partial charge in [0.25, 0.3) is 0 Å². The first-order valence-corrected chi connectivity index (χ1v) is 6.33. The average molecular weight is 241 g/mol. The number of β-amino-alcohol motifs (C(OH)–C–C–N with tert-alkyl or cyclic N) is 1. The van der Waals surface area contributed by atoms with Crippen molar-refractivity contribution in [2.24, 2.45) is 5.92 Å². The zero-order valence-electron chi connectivity index (χ0n) is 11.8. The van der Waals surface area contributed by atoms with E-state index in [1.54, 1.807) is 0 Å². The van der Waals surface area contributed by atoms with Gasteiger partial charge in [-0.3, -0.25) is 4.90 Å². The fourth-order valence-electron chi connectivity index (χ4n) is 1.55. The average Bonchev–Trinajstić information content (AvgIpc) is 2.24. The van der Waals surface area contributed by atoms with Crippen LogP contribution in [0.3, 0.4) is 0 Å². The summed E-state index contributed by atoms with van der Waals surface area (Å²) in [5.41, 5.74) is 0.0258. The molecule has 100 valence electrons. The van der Waals surface area contributed by atoms with E-state index in [0.29, 0.717) is 13.1 Å². The van der Waals surface area contributed by atoms with Crippen LogP contribution in [0.1, 0.15) is 34.6 Å². The Labute approximate surface area is 106 Å². The molecule has 0 heterocycles. The molecule has 0 bridgehead atoms. The van der Waals surface area contributed by atoms with Gasteiger partial charge in [0.05, 0.1) is 18.1 Å². The predicted octanol–water partition coefficient (Wildman–Crippen LogP) is 1.22. The second kappa shape index (κ2) is 7.65. The molecule has 2 atom stereocenters. The largest absolute Gasteiger partial charge is 0.390 e. The molecule has 0 aromatic rings. The number of nitriles is 1. The quantitative estimate of drug-likeness (QED) is 0.703. The molecule has 0 aliphatic rings. The van der Waals surface area contributed by atoms with Gasteiger partial charge in [0.1, 0.15) is 0 Å². The third kappa shape index (κ3) is 9.11. The first kappa shape index (κ1) is 16.4. The summed E-state index contributed by atoms with van der Waals surface area (Å²) in [6, 6.07) is 2.22. The molecule has 0 spiro atoms. The lowest BCUT2D eigenvalue weighted by atomic mass is 10.1. The number of nitrogens with zero attached hydrogens (tertiary/aromatic N) is 2. The van der Waals surface area contributed by atoms with Crippen LogP contribution in [0.2, 0.25) is 0 Å². The van der Waals surface area contributed by atoms with Crippen molar-refractivity contribution in [1.29, 1.82) is 5.26 Å². The molecule has 0 saturated heterocycles. The van der Waals surface area contributed by atoms with Crippen molar-refractivity contribution in [2.45, 2.75) is 46.3 Å². The van der Waals surface area contributed by atoms with Crippen molar-refractivity contribution in [3.8, 4) is 6.07 Å². The van der Waals surface area contributed by atoms with Gasteiger partial charge < -0.3 is 10.4 Å². The maximum Gasteiger partial charge on any atom is 0.0791 e. The summed E-state index contributed by atoms with van der Waals surface area (Å²) in [4.78, 5) is 2.11. The molecule has 2 N–H and O–H groups in total. The van der Waals surface area contributed by atoms with Crippen LogP contribution in [-0.4, -0.2) is 47.8 Å². The highest BCUT2D eigenvalue weighted by Crippen LogP contribution is 2.02. The van der Waals surface area contributed by atoms with Crippen molar-refractivity contribution in [1.82, 2.24) is 10.2 Å². The highest BCUT2D eigenvalue weighted by Gasteiger charge is 2.15. The number of hydrogen-bond donors (Lipinski definition) is 2.